The molecule has 1 aromatic heterocycles. The van der Waals surface area contributed by atoms with Crippen LogP contribution in [0.5, 0.6) is 0 Å². The second-order valence-electron chi connectivity index (χ2n) is 7.80. The van der Waals surface area contributed by atoms with Gasteiger partial charge in [0.1, 0.15) is 17.5 Å². The summed E-state index contributed by atoms with van der Waals surface area (Å²) >= 11 is 0. The van der Waals surface area contributed by atoms with Crippen molar-refractivity contribution in [1.29, 1.82) is 0 Å². The lowest BCUT2D eigenvalue weighted by Crippen LogP contribution is -2.42. The van der Waals surface area contributed by atoms with Crippen molar-refractivity contribution >= 4 is 5.91 Å². The number of amides is 1. The summed E-state index contributed by atoms with van der Waals surface area (Å²) in [5, 5.41) is 0. The number of carbonyl (C=O) groups excluding carboxylic acids is 1. The molecule has 0 aliphatic heterocycles. The van der Waals surface area contributed by atoms with Crippen LogP contribution in [0.3, 0.4) is 0 Å². The molecule has 2 aromatic carbocycles. The summed E-state index contributed by atoms with van der Waals surface area (Å²) in [6.45, 7) is 0.841. The summed E-state index contributed by atoms with van der Waals surface area (Å²) in [5.74, 6) is -0.340. The van der Waals surface area contributed by atoms with Crippen molar-refractivity contribution in [3.8, 4) is 0 Å². The van der Waals surface area contributed by atoms with Crippen molar-refractivity contribution in [2.45, 2.75) is 51.2 Å². The lowest BCUT2D eigenvalue weighted by atomic mass is 9.93. The molecule has 1 fully saturated rings. The number of carbonyl (C=O) groups is 1. The fourth-order valence-corrected chi connectivity index (χ4v) is 4.12. The standard InChI is InChI=1S/C24H25F2N3O/c25-19-12-10-18(11-13-19)16-28-15-14-27-23(28)17-29(20-6-2-1-3-7-20)24(30)21-8-4-5-9-22(21)26/h4-5,8-15,20H,1-3,6-7,16-17H2. The van der Waals surface area contributed by atoms with Crippen LogP contribution in [0.4, 0.5) is 8.78 Å². The fourth-order valence-electron chi connectivity index (χ4n) is 4.12. The Kier molecular flexibility index (Phi) is 6.21. The number of benzene rings is 2. The SMILES string of the molecule is O=C(c1ccccc1F)N(Cc1nccn1Cc1ccc(F)cc1)C1CCCCC1. The normalized spacial score (nSPS) is 14.6. The maximum absolute atomic E-state index is 14.3. The van der Waals surface area contributed by atoms with Crippen molar-refractivity contribution in [1.82, 2.24) is 14.5 Å². The van der Waals surface area contributed by atoms with E-state index in [2.05, 4.69) is 4.98 Å². The lowest BCUT2D eigenvalue weighted by molar-refractivity contribution is 0.0600. The van der Waals surface area contributed by atoms with E-state index >= 15 is 0 Å². The van der Waals surface area contributed by atoms with Crippen LogP contribution < -0.4 is 0 Å². The van der Waals surface area contributed by atoms with Gasteiger partial charge in [-0.3, -0.25) is 4.79 Å². The molecular formula is C24H25F2N3O. The number of hydrogen-bond acceptors (Lipinski definition) is 2. The van der Waals surface area contributed by atoms with Crippen LogP contribution in [0.2, 0.25) is 0 Å². The first-order valence-corrected chi connectivity index (χ1v) is 10.4. The molecule has 0 spiro atoms. The van der Waals surface area contributed by atoms with Crippen LogP contribution in [-0.2, 0) is 13.1 Å². The monoisotopic (exact) mass is 409 g/mol. The molecule has 3 aromatic rings. The molecule has 1 saturated carbocycles. The van der Waals surface area contributed by atoms with Crippen molar-refractivity contribution < 1.29 is 13.6 Å². The van der Waals surface area contributed by atoms with E-state index in [9.17, 15) is 13.6 Å². The highest BCUT2D eigenvalue weighted by atomic mass is 19.1. The highest BCUT2D eigenvalue weighted by molar-refractivity contribution is 5.94. The Morgan fingerprint density at radius 1 is 1.03 bits per heavy atom. The quantitative estimate of drug-likeness (QED) is 0.562. The molecule has 1 aliphatic rings. The molecule has 0 saturated heterocycles. The van der Waals surface area contributed by atoms with E-state index in [1.165, 1.54) is 18.2 Å². The molecule has 6 heteroatoms. The first-order chi connectivity index (χ1) is 14.6. The molecule has 1 aliphatic carbocycles. The van der Waals surface area contributed by atoms with Gasteiger partial charge in [0.05, 0.1) is 12.1 Å². The van der Waals surface area contributed by atoms with Gasteiger partial charge in [0.15, 0.2) is 0 Å². The maximum atomic E-state index is 14.3. The molecule has 0 radical (unpaired) electrons. The average molecular weight is 409 g/mol. The zero-order valence-electron chi connectivity index (χ0n) is 16.8. The van der Waals surface area contributed by atoms with E-state index in [0.29, 0.717) is 13.1 Å². The van der Waals surface area contributed by atoms with E-state index in [-0.39, 0.29) is 23.3 Å². The predicted molar refractivity (Wildman–Crippen MR) is 111 cm³/mol. The van der Waals surface area contributed by atoms with Gasteiger partial charge in [0.2, 0.25) is 0 Å². The Bertz CT molecular complexity index is 994. The van der Waals surface area contributed by atoms with Crippen molar-refractivity contribution in [2.75, 3.05) is 0 Å². The van der Waals surface area contributed by atoms with Crippen LogP contribution in [0.15, 0.2) is 60.9 Å². The van der Waals surface area contributed by atoms with Gasteiger partial charge in [0.25, 0.3) is 5.91 Å². The van der Waals surface area contributed by atoms with Crippen molar-refractivity contribution in [3.63, 3.8) is 0 Å². The number of halogens is 2. The summed E-state index contributed by atoms with van der Waals surface area (Å²) in [4.78, 5) is 19.5. The van der Waals surface area contributed by atoms with Gasteiger partial charge in [-0.25, -0.2) is 13.8 Å². The summed E-state index contributed by atoms with van der Waals surface area (Å²) in [5.41, 5.74) is 1.04. The number of aromatic nitrogens is 2. The smallest absolute Gasteiger partial charge is 0.257 e. The van der Waals surface area contributed by atoms with Gasteiger partial charge < -0.3 is 9.47 Å². The Balaban J connectivity index is 1.59. The number of hydrogen-bond donors (Lipinski definition) is 0. The summed E-state index contributed by atoms with van der Waals surface area (Å²) in [7, 11) is 0. The molecule has 0 atom stereocenters. The predicted octanol–water partition coefficient (Wildman–Crippen LogP) is 5.18. The Hall–Kier alpha value is -3.02. The van der Waals surface area contributed by atoms with E-state index in [1.807, 2.05) is 10.8 Å². The van der Waals surface area contributed by atoms with Crippen LogP contribution in [0.25, 0.3) is 0 Å². The molecule has 1 heterocycles. The first kappa shape index (κ1) is 20.3. The highest BCUT2D eigenvalue weighted by Crippen LogP contribution is 2.26. The topological polar surface area (TPSA) is 38.1 Å². The van der Waals surface area contributed by atoms with Crippen LogP contribution in [-0.4, -0.2) is 26.4 Å². The summed E-state index contributed by atoms with van der Waals surface area (Å²) in [6.07, 6.45) is 8.68. The second-order valence-corrected chi connectivity index (χ2v) is 7.80. The minimum Gasteiger partial charge on any atom is -0.329 e. The molecule has 1 amide bonds. The Morgan fingerprint density at radius 2 is 1.77 bits per heavy atom. The van der Waals surface area contributed by atoms with Gasteiger partial charge in [0, 0.05) is 25.0 Å². The molecule has 0 bridgehead atoms. The Labute approximate surface area is 175 Å². The molecular weight excluding hydrogens is 384 g/mol. The summed E-state index contributed by atoms with van der Waals surface area (Å²) in [6, 6.07) is 12.5. The zero-order chi connectivity index (χ0) is 20.9. The third-order valence-corrected chi connectivity index (χ3v) is 5.76. The largest absolute Gasteiger partial charge is 0.329 e. The van der Waals surface area contributed by atoms with E-state index in [0.717, 1.165) is 43.5 Å². The van der Waals surface area contributed by atoms with Gasteiger partial charge in [-0.15, -0.1) is 0 Å². The van der Waals surface area contributed by atoms with Crippen molar-refractivity contribution in [3.05, 3.63) is 89.5 Å². The number of nitrogens with zero attached hydrogens (tertiary/aromatic N) is 3. The number of rotatable bonds is 6. The zero-order valence-corrected chi connectivity index (χ0v) is 16.8. The van der Waals surface area contributed by atoms with Gasteiger partial charge in [-0.05, 0) is 42.7 Å². The third-order valence-electron chi connectivity index (χ3n) is 5.76. The Morgan fingerprint density at radius 3 is 2.50 bits per heavy atom. The summed E-state index contributed by atoms with van der Waals surface area (Å²) < 4.78 is 29.5. The van der Waals surface area contributed by atoms with E-state index < -0.39 is 5.82 Å². The lowest BCUT2D eigenvalue weighted by Gasteiger charge is -2.34. The van der Waals surface area contributed by atoms with Crippen LogP contribution in [0.1, 0.15) is 53.8 Å². The minimum absolute atomic E-state index is 0.0711. The van der Waals surface area contributed by atoms with Gasteiger partial charge >= 0.3 is 0 Å². The molecule has 4 rings (SSSR count). The highest BCUT2D eigenvalue weighted by Gasteiger charge is 2.29. The fraction of sp³-hybridized carbons (Fsp3) is 0.333. The van der Waals surface area contributed by atoms with Crippen molar-refractivity contribution in [2.24, 2.45) is 0 Å². The van der Waals surface area contributed by atoms with E-state index in [4.69, 9.17) is 0 Å². The number of imidazole rings is 1. The average Bonchev–Trinajstić information content (AvgIpc) is 3.21. The molecule has 156 valence electrons. The van der Waals surface area contributed by atoms with Crippen LogP contribution >= 0.6 is 0 Å². The maximum Gasteiger partial charge on any atom is 0.257 e. The van der Waals surface area contributed by atoms with E-state index in [1.54, 1.807) is 41.4 Å². The van der Waals surface area contributed by atoms with Crippen LogP contribution in [0, 0.1) is 11.6 Å². The molecule has 0 N–H and O–H groups in total. The minimum atomic E-state index is -0.502. The molecule has 4 nitrogen and oxygen atoms in total. The molecule has 30 heavy (non-hydrogen) atoms. The van der Waals surface area contributed by atoms with Gasteiger partial charge in [-0.2, -0.15) is 0 Å². The first-order valence-electron chi connectivity index (χ1n) is 10.4. The molecule has 0 unspecified atom stereocenters. The second kappa shape index (κ2) is 9.20. The van der Waals surface area contributed by atoms with Gasteiger partial charge in [-0.1, -0.05) is 43.5 Å². The third kappa shape index (κ3) is 4.58.